The second kappa shape index (κ2) is 2.82. The zero-order valence-corrected chi connectivity index (χ0v) is 7.87. The summed E-state index contributed by atoms with van der Waals surface area (Å²) < 4.78 is 26.3. The van der Waals surface area contributed by atoms with Gasteiger partial charge in [0.15, 0.2) is 11.5 Å². The van der Waals surface area contributed by atoms with Crippen molar-refractivity contribution in [2.45, 2.75) is 17.8 Å². The maximum atomic E-state index is 13.1. The van der Waals surface area contributed by atoms with E-state index >= 15 is 0 Å². The van der Waals surface area contributed by atoms with E-state index in [1.165, 1.54) is 12.1 Å². The number of rotatable bonds is 2. The Labute approximate surface area is 85.1 Å². The summed E-state index contributed by atoms with van der Waals surface area (Å²) in [7, 11) is 0. The summed E-state index contributed by atoms with van der Waals surface area (Å²) in [4.78, 5) is 0. The van der Waals surface area contributed by atoms with Crippen LogP contribution in [0.1, 0.15) is 12.0 Å². The quantitative estimate of drug-likeness (QED) is 0.652. The van der Waals surface area contributed by atoms with Gasteiger partial charge in [-0.3, -0.25) is 0 Å². The van der Waals surface area contributed by atoms with Crippen LogP contribution < -0.4 is 5.73 Å². The minimum Gasteiger partial charge on any atom is -0.504 e. The number of halogens is 2. The monoisotopic (exact) mass is 215 g/mol. The molecular weight excluding hydrogens is 204 g/mol. The van der Waals surface area contributed by atoms with E-state index in [4.69, 9.17) is 10.8 Å². The molecule has 4 N–H and O–H groups in total. The molecule has 1 unspecified atom stereocenters. The molecule has 1 atom stereocenters. The standard InChI is InChI=1S/C10H11F2NO2/c11-10(12)4-9(10,5-13)6-1-2-7(14)8(15)3-6/h1-3,14-15H,4-5,13H2. The van der Waals surface area contributed by atoms with E-state index in [-0.39, 0.29) is 24.3 Å². The number of nitrogens with two attached hydrogens (primary N) is 1. The van der Waals surface area contributed by atoms with Crippen molar-refractivity contribution in [2.24, 2.45) is 5.73 Å². The molecule has 0 spiro atoms. The van der Waals surface area contributed by atoms with Crippen LogP contribution >= 0.6 is 0 Å². The molecule has 1 fully saturated rings. The van der Waals surface area contributed by atoms with Crippen LogP contribution in [-0.2, 0) is 5.41 Å². The van der Waals surface area contributed by atoms with E-state index in [2.05, 4.69) is 0 Å². The van der Waals surface area contributed by atoms with E-state index in [1.807, 2.05) is 0 Å². The average molecular weight is 215 g/mol. The zero-order valence-electron chi connectivity index (χ0n) is 7.87. The molecule has 1 aliphatic carbocycles. The third kappa shape index (κ3) is 1.26. The van der Waals surface area contributed by atoms with Gasteiger partial charge in [0.1, 0.15) is 0 Å². The fourth-order valence-corrected chi connectivity index (χ4v) is 1.81. The summed E-state index contributed by atoms with van der Waals surface area (Å²) in [5.74, 6) is -3.54. The second-order valence-corrected chi connectivity index (χ2v) is 3.87. The molecule has 0 bridgehead atoms. The number of alkyl halides is 2. The predicted molar refractivity (Wildman–Crippen MR) is 50.1 cm³/mol. The third-order valence-electron chi connectivity index (χ3n) is 2.98. The normalized spacial score (nSPS) is 27.7. The molecule has 0 heterocycles. The Kier molecular flexibility index (Phi) is 1.91. The number of phenols is 2. The number of hydrogen-bond donors (Lipinski definition) is 3. The van der Waals surface area contributed by atoms with Crippen molar-refractivity contribution < 1.29 is 19.0 Å². The van der Waals surface area contributed by atoms with Gasteiger partial charge in [0.2, 0.25) is 0 Å². The Bertz CT molecular complexity index is 408. The van der Waals surface area contributed by atoms with Gasteiger partial charge in [-0.1, -0.05) is 6.07 Å². The Morgan fingerprint density at radius 2 is 1.87 bits per heavy atom. The molecule has 0 radical (unpaired) electrons. The predicted octanol–water partition coefficient (Wildman–Crippen LogP) is 1.33. The summed E-state index contributed by atoms with van der Waals surface area (Å²) in [6.45, 7) is -0.176. The minimum absolute atomic E-state index is 0.176. The molecule has 15 heavy (non-hydrogen) atoms. The highest BCUT2D eigenvalue weighted by Crippen LogP contribution is 2.61. The lowest BCUT2D eigenvalue weighted by Gasteiger charge is -2.14. The van der Waals surface area contributed by atoms with Crippen molar-refractivity contribution >= 4 is 0 Å². The maximum Gasteiger partial charge on any atom is 0.260 e. The molecule has 1 aliphatic rings. The van der Waals surface area contributed by atoms with Gasteiger partial charge in [-0.25, -0.2) is 8.78 Å². The summed E-state index contributed by atoms with van der Waals surface area (Å²) in [6.07, 6.45) is -0.305. The average Bonchev–Trinajstić information content (AvgIpc) is 2.75. The van der Waals surface area contributed by atoms with Crippen LogP contribution in [0.4, 0.5) is 8.78 Å². The Morgan fingerprint density at radius 3 is 2.27 bits per heavy atom. The van der Waals surface area contributed by atoms with Crippen molar-refractivity contribution in [1.82, 2.24) is 0 Å². The van der Waals surface area contributed by atoms with E-state index in [0.717, 1.165) is 6.07 Å². The van der Waals surface area contributed by atoms with Crippen LogP contribution in [0.5, 0.6) is 11.5 Å². The van der Waals surface area contributed by atoms with Crippen LogP contribution in [-0.4, -0.2) is 22.7 Å². The van der Waals surface area contributed by atoms with Crippen LogP contribution in [0.3, 0.4) is 0 Å². The number of hydrogen-bond acceptors (Lipinski definition) is 3. The van der Waals surface area contributed by atoms with Gasteiger partial charge < -0.3 is 15.9 Å². The second-order valence-electron chi connectivity index (χ2n) is 3.87. The Morgan fingerprint density at radius 1 is 1.27 bits per heavy atom. The zero-order chi connectivity index (χ0) is 11.3. The molecule has 0 aliphatic heterocycles. The molecule has 5 heteroatoms. The van der Waals surface area contributed by atoms with E-state index in [0.29, 0.717) is 0 Å². The van der Waals surface area contributed by atoms with Gasteiger partial charge in [-0.15, -0.1) is 0 Å². The Balaban J connectivity index is 2.42. The molecule has 0 amide bonds. The molecule has 2 rings (SSSR count). The lowest BCUT2D eigenvalue weighted by molar-refractivity contribution is 0.0895. The van der Waals surface area contributed by atoms with Crippen LogP contribution in [0.2, 0.25) is 0 Å². The highest BCUT2D eigenvalue weighted by molar-refractivity contribution is 5.47. The molecule has 3 nitrogen and oxygen atoms in total. The SMILES string of the molecule is NCC1(c2ccc(O)c(O)c2)CC1(F)F. The van der Waals surface area contributed by atoms with Crippen LogP contribution in [0.15, 0.2) is 18.2 Å². The molecule has 1 aromatic carbocycles. The van der Waals surface area contributed by atoms with E-state index < -0.39 is 17.1 Å². The molecular formula is C10H11F2NO2. The van der Waals surface area contributed by atoms with Crippen molar-refractivity contribution in [2.75, 3.05) is 6.54 Å². The van der Waals surface area contributed by atoms with Crippen molar-refractivity contribution in [3.05, 3.63) is 23.8 Å². The van der Waals surface area contributed by atoms with Gasteiger partial charge >= 0.3 is 0 Å². The lowest BCUT2D eigenvalue weighted by atomic mass is 9.95. The van der Waals surface area contributed by atoms with Crippen LogP contribution in [0.25, 0.3) is 0 Å². The summed E-state index contributed by atoms with van der Waals surface area (Å²) >= 11 is 0. The van der Waals surface area contributed by atoms with Crippen molar-refractivity contribution in [3.8, 4) is 11.5 Å². The first-order valence-corrected chi connectivity index (χ1v) is 4.53. The highest BCUT2D eigenvalue weighted by Gasteiger charge is 2.71. The topological polar surface area (TPSA) is 66.5 Å². The first kappa shape index (κ1) is 10.2. The van der Waals surface area contributed by atoms with Gasteiger partial charge in [0, 0.05) is 13.0 Å². The van der Waals surface area contributed by atoms with E-state index in [9.17, 15) is 13.9 Å². The summed E-state index contributed by atoms with van der Waals surface area (Å²) in [5.41, 5.74) is 4.25. The molecule has 82 valence electrons. The Hall–Kier alpha value is -1.36. The molecule has 1 saturated carbocycles. The van der Waals surface area contributed by atoms with Gasteiger partial charge in [-0.2, -0.15) is 0 Å². The third-order valence-corrected chi connectivity index (χ3v) is 2.98. The summed E-state index contributed by atoms with van der Waals surface area (Å²) in [6, 6.07) is 3.70. The number of phenolic OH excluding ortho intramolecular Hbond substituents is 2. The number of benzene rings is 1. The minimum atomic E-state index is -2.81. The first-order valence-electron chi connectivity index (χ1n) is 4.53. The largest absolute Gasteiger partial charge is 0.504 e. The molecule has 0 aromatic heterocycles. The lowest BCUT2D eigenvalue weighted by Crippen LogP contribution is -2.26. The van der Waals surface area contributed by atoms with Crippen molar-refractivity contribution in [1.29, 1.82) is 0 Å². The smallest absolute Gasteiger partial charge is 0.260 e. The fourth-order valence-electron chi connectivity index (χ4n) is 1.81. The fraction of sp³-hybridized carbons (Fsp3) is 0.400. The van der Waals surface area contributed by atoms with Crippen molar-refractivity contribution in [3.63, 3.8) is 0 Å². The van der Waals surface area contributed by atoms with E-state index in [1.54, 1.807) is 0 Å². The molecule has 1 aromatic rings. The van der Waals surface area contributed by atoms with Gasteiger partial charge in [0.25, 0.3) is 5.92 Å². The van der Waals surface area contributed by atoms with Gasteiger partial charge in [-0.05, 0) is 17.7 Å². The number of aromatic hydroxyl groups is 2. The maximum absolute atomic E-state index is 13.1. The van der Waals surface area contributed by atoms with Gasteiger partial charge in [0.05, 0.1) is 5.41 Å². The highest BCUT2D eigenvalue weighted by atomic mass is 19.3. The van der Waals surface area contributed by atoms with Crippen LogP contribution in [0, 0.1) is 0 Å². The molecule has 0 saturated heterocycles. The first-order chi connectivity index (χ1) is 6.93. The summed E-state index contributed by atoms with van der Waals surface area (Å²) in [5, 5.41) is 18.3.